The van der Waals surface area contributed by atoms with Crippen LogP contribution < -0.4 is 20.1 Å². The molecule has 0 unspecified atom stereocenters. The summed E-state index contributed by atoms with van der Waals surface area (Å²) in [6.07, 6.45) is 1.76. The molecule has 0 saturated carbocycles. The first-order chi connectivity index (χ1) is 23.4. The Hall–Kier alpha value is -5.34. The lowest BCUT2D eigenvalue weighted by atomic mass is 10.1. The quantitative estimate of drug-likeness (QED) is 0.198. The Labute approximate surface area is 282 Å². The second kappa shape index (κ2) is 13.6. The van der Waals surface area contributed by atoms with Gasteiger partial charge in [-0.15, -0.1) is 0 Å². The van der Waals surface area contributed by atoms with Crippen LogP contribution in [0.3, 0.4) is 0 Å². The van der Waals surface area contributed by atoms with Crippen LogP contribution in [0, 0.1) is 12.7 Å². The number of para-hydroxylation sites is 1. The molecule has 1 amide bonds. The van der Waals surface area contributed by atoms with Gasteiger partial charge in [0.25, 0.3) is 5.56 Å². The van der Waals surface area contributed by atoms with E-state index in [0.29, 0.717) is 23.3 Å². The second-order valence-electron chi connectivity index (χ2n) is 11.9. The van der Waals surface area contributed by atoms with Gasteiger partial charge in [-0.2, -0.15) is 4.98 Å². The summed E-state index contributed by atoms with van der Waals surface area (Å²) >= 11 is 0. The van der Waals surface area contributed by atoms with Crippen molar-refractivity contribution in [2.24, 2.45) is 0 Å². The fourth-order valence-corrected chi connectivity index (χ4v) is 6.13. The zero-order valence-corrected chi connectivity index (χ0v) is 28.3. The maximum atomic E-state index is 15.4. The van der Waals surface area contributed by atoms with E-state index in [9.17, 15) is 18.0 Å². The number of hydrogen-bond donors (Lipinski definition) is 0. The largest absolute Gasteiger partial charge is 0.489 e. The third-order valence-corrected chi connectivity index (χ3v) is 8.90. The van der Waals surface area contributed by atoms with Gasteiger partial charge in [-0.3, -0.25) is 14.3 Å². The van der Waals surface area contributed by atoms with Gasteiger partial charge in [-0.05, 0) is 56.4 Å². The normalized spacial score (nSPS) is 13.1. The van der Waals surface area contributed by atoms with Crippen molar-refractivity contribution in [3.05, 3.63) is 106 Å². The zero-order chi connectivity index (χ0) is 34.9. The van der Waals surface area contributed by atoms with Gasteiger partial charge < -0.3 is 19.3 Å². The molecule has 0 N–H and O–H groups in total. The number of halogens is 1. The minimum absolute atomic E-state index is 0.00485. The fraction of sp³-hybridized carbons (Fsp3) is 0.257. The molecule has 0 aliphatic carbocycles. The Balaban J connectivity index is 1.45. The number of aryl methyl sites for hydroxylation is 1. The highest BCUT2D eigenvalue weighted by molar-refractivity contribution is 7.90. The molecular formula is C35H35FN6O6S. The first kappa shape index (κ1) is 33.6. The van der Waals surface area contributed by atoms with E-state index in [1.165, 1.54) is 22.9 Å². The van der Waals surface area contributed by atoms with Gasteiger partial charge in [0.1, 0.15) is 18.9 Å². The van der Waals surface area contributed by atoms with Gasteiger partial charge in [0.05, 0.1) is 17.1 Å². The molecule has 0 radical (unpaired) electrons. The smallest absolute Gasteiger partial charge is 0.414 e. The monoisotopic (exact) mass is 686 g/mol. The van der Waals surface area contributed by atoms with E-state index in [4.69, 9.17) is 9.47 Å². The average Bonchev–Trinajstić information content (AvgIpc) is 3.07. The molecule has 0 atom stereocenters. The van der Waals surface area contributed by atoms with Crippen molar-refractivity contribution in [1.29, 1.82) is 0 Å². The number of ether oxygens (including phenoxy) is 2. The van der Waals surface area contributed by atoms with E-state index >= 15 is 4.39 Å². The number of pyridine rings is 1. The number of hydrogen-bond acceptors (Lipinski definition) is 10. The third-order valence-electron chi connectivity index (χ3n) is 8.04. The number of fused-ring (bicyclic) bond motifs is 2. The average molecular weight is 687 g/mol. The molecule has 6 rings (SSSR count). The van der Waals surface area contributed by atoms with E-state index in [-0.39, 0.29) is 49.1 Å². The van der Waals surface area contributed by atoms with Crippen molar-refractivity contribution in [1.82, 2.24) is 19.4 Å². The Morgan fingerprint density at radius 3 is 2.49 bits per heavy atom. The van der Waals surface area contributed by atoms with Gasteiger partial charge in [-0.1, -0.05) is 42.5 Å². The number of likely N-dealkylation sites (N-methyl/N-ethyl adjacent to an activating group) is 1. The van der Waals surface area contributed by atoms with Crippen LogP contribution in [0.15, 0.2) is 88.9 Å². The fourth-order valence-electron chi connectivity index (χ4n) is 5.64. The molecule has 1 aliphatic heterocycles. The molecule has 0 bridgehead atoms. The maximum Gasteiger partial charge on any atom is 0.414 e. The molecule has 254 valence electrons. The van der Waals surface area contributed by atoms with Crippen LogP contribution in [0.4, 0.5) is 26.2 Å². The molecule has 14 heteroatoms. The molecular weight excluding hydrogens is 651 g/mol. The molecule has 0 saturated heterocycles. The van der Waals surface area contributed by atoms with Crippen LogP contribution in [0.25, 0.3) is 16.7 Å². The molecule has 0 fully saturated rings. The molecule has 5 aromatic rings. The predicted molar refractivity (Wildman–Crippen MR) is 184 cm³/mol. The Morgan fingerprint density at radius 2 is 1.78 bits per heavy atom. The van der Waals surface area contributed by atoms with E-state index in [0.717, 1.165) is 23.4 Å². The second-order valence-corrected chi connectivity index (χ2v) is 13.8. The van der Waals surface area contributed by atoms with Gasteiger partial charge in [-0.25, -0.2) is 22.6 Å². The van der Waals surface area contributed by atoms with Gasteiger partial charge in [0, 0.05) is 43.5 Å². The Morgan fingerprint density at radius 1 is 1.00 bits per heavy atom. The van der Waals surface area contributed by atoms with Crippen molar-refractivity contribution in [3.63, 3.8) is 0 Å². The molecule has 0 spiro atoms. The molecule has 49 heavy (non-hydrogen) atoms. The van der Waals surface area contributed by atoms with Crippen molar-refractivity contribution in [3.8, 4) is 11.4 Å². The number of benzene rings is 3. The number of anilines is 3. The lowest BCUT2D eigenvalue weighted by Gasteiger charge is -2.38. The summed E-state index contributed by atoms with van der Waals surface area (Å²) in [6, 6.07) is 20.5. The molecule has 3 aromatic carbocycles. The van der Waals surface area contributed by atoms with Crippen molar-refractivity contribution in [2.45, 2.75) is 18.7 Å². The number of carbonyl (C=O) groups excluding carboxylic acids is 1. The third kappa shape index (κ3) is 6.96. The number of aromatic nitrogens is 3. The topological polar surface area (TPSA) is 127 Å². The van der Waals surface area contributed by atoms with E-state index in [1.807, 2.05) is 68.4 Å². The van der Waals surface area contributed by atoms with E-state index in [2.05, 4.69) is 9.97 Å². The highest BCUT2D eigenvalue weighted by Gasteiger charge is 2.32. The number of sulfone groups is 1. The Kier molecular flexibility index (Phi) is 9.35. The summed E-state index contributed by atoms with van der Waals surface area (Å²) in [5.41, 5.74) is 2.49. The lowest BCUT2D eigenvalue weighted by molar-refractivity contribution is 0.147. The zero-order valence-electron chi connectivity index (χ0n) is 27.5. The molecule has 2 aromatic heterocycles. The number of amides is 1. The van der Waals surface area contributed by atoms with Crippen molar-refractivity contribution < 1.29 is 27.1 Å². The standard InChI is InChI=1S/C35H35FN6O6S/c1-23-9-8-12-28-31(23)41(35(44)48-22-24-10-6-5-7-11-24)16-15-40(28)29-19-25-21-37-34(49(4,45)46)38-32(25)42(33(29)43)26-13-14-30(27(36)20-26)47-18-17-39(2)3/h5-14,19-21H,15-18,22H2,1-4H3. The molecule has 3 heterocycles. The number of carbonyl (C=O) groups is 1. The summed E-state index contributed by atoms with van der Waals surface area (Å²) < 4.78 is 52.7. The van der Waals surface area contributed by atoms with Crippen LogP contribution in [0.1, 0.15) is 11.1 Å². The highest BCUT2D eigenvalue weighted by Crippen LogP contribution is 2.40. The first-order valence-electron chi connectivity index (χ1n) is 15.5. The van der Waals surface area contributed by atoms with Crippen LogP contribution in [0.5, 0.6) is 5.75 Å². The maximum absolute atomic E-state index is 15.4. The van der Waals surface area contributed by atoms with E-state index in [1.54, 1.807) is 21.9 Å². The Bertz CT molecular complexity index is 2210. The summed E-state index contributed by atoms with van der Waals surface area (Å²) in [7, 11) is -0.102. The van der Waals surface area contributed by atoms with Gasteiger partial charge >= 0.3 is 6.09 Å². The van der Waals surface area contributed by atoms with Crippen molar-refractivity contribution >= 4 is 44.0 Å². The summed E-state index contributed by atoms with van der Waals surface area (Å²) in [6.45, 7) is 3.19. The van der Waals surface area contributed by atoms with E-state index < -0.39 is 32.5 Å². The van der Waals surface area contributed by atoms with Crippen molar-refractivity contribution in [2.75, 3.05) is 56.4 Å². The summed E-state index contributed by atoms with van der Waals surface area (Å²) in [5, 5.41) is -0.138. The number of nitrogens with zero attached hydrogens (tertiary/aromatic N) is 6. The van der Waals surface area contributed by atoms with Crippen LogP contribution in [-0.2, 0) is 21.2 Å². The lowest BCUT2D eigenvalue weighted by Crippen LogP contribution is -2.44. The summed E-state index contributed by atoms with van der Waals surface area (Å²) in [5.74, 6) is -0.701. The van der Waals surface area contributed by atoms with Crippen LogP contribution in [0.2, 0.25) is 0 Å². The molecule has 12 nitrogen and oxygen atoms in total. The van der Waals surface area contributed by atoms with Crippen LogP contribution >= 0.6 is 0 Å². The predicted octanol–water partition coefficient (Wildman–Crippen LogP) is 4.87. The highest BCUT2D eigenvalue weighted by atomic mass is 32.2. The molecule has 1 aliphatic rings. The minimum atomic E-state index is -3.85. The number of rotatable bonds is 9. The van der Waals surface area contributed by atoms with Gasteiger partial charge in [0.15, 0.2) is 17.2 Å². The SMILES string of the molecule is Cc1cccc2c1N(C(=O)OCc1ccccc1)CCN2c1cc2cnc(S(C)(=O)=O)nc2n(-c2ccc(OCCN(C)C)c(F)c2)c1=O. The minimum Gasteiger partial charge on any atom is -0.489 e. The van der Waals surface area contributed by atoms with Gasteiger partial charge in [0.2, 0.25) is 15.0 Å². The summed E-state index contributed by atoms with van der Waals surface area (Å²) in [4.78, 5) is 41.4. The van der Waals surface area contributed by atoms with Crippen LogP contribution in [-0.4, -0.2) is 80.5 Å². The first-order valence-corrected chi connectivity index (χ1v) is 17.4.